The van der Waals surface area contributed by atoms with Crippen LogP contribution >= 0.6 is 0 Å². The van der Waals surface area contributed by atoms with E-state index in [0.29, 0.717) is 19.3 Å². The number of carbonyl (C=O) groups excluding carboxylic acids is 2. The zero-order chi connectivity index (χ0) is 14.1. The summed E-state index contributed by atoms with van der Waals surface area (Å²) in [5, 5.41) is 9.39. The van der Waals surface area contributed by atoms with Crippen molar-refractivity contribution in [3.63, 3.8) is 0 Å². The van der Waals surface area contributed by atoms with Crippen LogP contribution in [0.5, 0.6) is 0 Å². The second-order valence-corrected chi connectivity index (χ2v) is 5.74. The first kappa shape index (κ1) is 14.8. The summed E-state index contributed by atoms with van der Waals surface area (Å²) in [6, 6.07) is -0.327. The van der Waals surface area contributed by atoms with Gasteiger partial charge in [-0.15, -0.1) is 0 Å². The minimum atomic E-state index is -1.20. The first-order valence-corrected chi connectivity index (χ1v) is 6.40. The smallest absolute Gasteiger partial charge is 0.435 e. The molecule has 2 atom stereocenters. The maximum absolute atomic E-state index is 12.4. The van der Waals surface area contributed by atoms with E-state index in [1.807, 2.05) is 6.92 Å². The Bertz CT molecular complexity index is 388. The molecule has 0 saturated carbocycles. The molecule has 2 amide bonds. The number of rotatable bonds is 3. The van der Waals surface area contributed by atoms with E-state index in [-0.39, 0.29) is 12.6 Å². The van der Waals surface area contributed by atoms with Gasteiger partial charge in [0.2, 0.25) is 0 Å². The summed E-state index contributed by atoms with van der Waals surface area (Å²) in [5.41, 5.74) is -0.792. The molecule has 1 rings (SSSR count). The molecule has 18 heavy (non-hydrogen) atoms. The molecule has 0 aromatic rings. The van der Waals surface area contributed by atoms with Crippen molar-refractivity contribution in [1.29, 1.82) is 0 Å². The van der Waals surface area contributed by atoms with Gasteiger partial charge in [0.1, 0.15) is 6.04 Å². The van der Waals surface area contributed by atoms with Crippen LogP contribution in [0.25, 0.3) is 0 Å². The number of nitrogens with zero attached hydrogens (tertiary/aromatic N) is 1. The Morgan fingerprint density at radius 2 is 1.89 bits per heavy atom. The first-order valence-electron chi connectivity index (χ1n) is 6.40. The Morgan fingerprint density at radius 1 is 1.33 bits per heavy atom. The number of amides is 2. The number of hydrogen-bond acceptors (Lipinski definition) is 3. The van der Waals surface area contributed by atoms with Gasteiger partial charge in [0.15, 0.2) is 0 Å². The monoisotopic (exact) mass is 256 g/mol. The van der Waals surface area contributed by atoms with Gasteiger partial charge in [-0.3, -0.25) is 4.79 Å². The molecule has 0 aliphatic carbocycles. The standard InChI is InChI=1S/C13H21NO4/c1-5-13(3,4)10(15)11(16)14(12(17)18)8-6-7-9(14)2/h9H,5-8H2,1-4H3/p+1/t9-,14?/m1/s1. The molecule has 0 spiro atoms. The molecule has 0 bridgehead atoms. The summed E-state index contributed by atoms with van der Waals surface area (Å²) in [5.74, 6) is -1.33. The van der Waals surface area contributed by atoms with Crippen molar-refractivity contribution in [3.05, 3.63) is 0 Å². The fourth-order valence-electron chi connectivity index (χ4n) is 2.38. The quantitative estimate of drug-likeness (QED) is 0.620. The lowest BCUT2D eigenvalue weighted by Crippen LogP contribution is -2.62. The summed E-state index contributed by atoms with van der Waals surface area (Å²) in [7, 11) is 0. The van der Waals surface area contributed by atoms with Crippen LogP contribution in [0.15, 0.2) is 0 Å². The number of carbonyl (C=O) groups is 3. The SMILES string of the molecule is CCC(C)(C)C(=O)C(=O)[N+]1(C(=O)O)CCC[C@H]1C. The van der Waals surface area contributed by atoms with Gasteiger partial charge in [0, 0.05) is 18.3 Å². The minimum Gasteiger partial charge on any atom is -0.435 e. The summed E-state index contributed by atoms with van der Waals surface area (Å²) >= 11 is 0. The Morgan fingerprint density at radius 3 is 2.22 bits per heavy atom. The molecule has 0 aromatic carbocycles. The zero-order valence-electron chi connectivity index (χ0n) is 11.5. The average molecular weight is 256 g/mol. The van der Waals surface area contributed by atoms with Crippen molar-refractivity contribution >= 4 is 17.8 Å². The van der Waals surface area contributed by atoms with E-state index < -0.39 is 27.7 Å². The van der Waals surface area contributed by atoms with Crippen LogP contribution in [-0.4, -0.2) is 40.0 Å². The fraction of sp³-hybridized carbons (Fsp3) is 0.769. The van der Waals surface area contributed by atoms with Crippen LogP contribution in [0, 0.1) is 5.41 Å². The molecular weight excluding hydrogens is 234 g/mol. The molecule has 0 aromatic heterocycles. The van der Waals surface area contributed by atoms with Crippen LogP contribution in [0.4, 0.5) is 4.79 Å². The molecule has 1 aliphatic rings. The number of quaternary nitrogens is 1. The van der Waals surface area contributed by atoms with Crippen molar-refractivity contribution < 1.29 is 24.0 Å². The predicted octanol–water partition coefficient (Wildman–Crippen LogP) is 2.20. The number of hydrogen-bond donors (Lipinski definition) is 1. The van der Waals surface area contributed by atoms with Gasteiger partial charge in [-0.25, -0.2) is 4.79 Å². The molecule has 1 aliphatic heterocycles. The highest BCUT2D eigenvalue weighted by molar-refractivity contribution is 6.36. The topological polar surface area (TPSA) is 71.4 Å². The van der Waals surface area contributed by atoms with Crippen LogP contribution in [-0.2, 0) is 9.59 Å². The number of Topliss-reactive ketones (excluding diaryl/α,β-unsaturated/α-hetero) is 1. The largest absolute Gasteiger partial charge is 0.521 e. The molecule has 0 radical (unpaired) electrons. The van der Waals surface area contributed by atoms with E-state index in [9.17, 15) is 19.5 Å². The number of imide groups is 1. The molecule has 5 heteroatoms. The molecule has 1 N–H and O–H groups in total. The Hall–Kier alpha value is -1.23. The fourth-order valence-corrected chi connectivity index (χ4v) is 2.38. The summed E-state index contributed by atoms with van der Waals surface area (Å²) < 4.78 is -0.720. The highest BCUT2D eigenvalue weighted by Gasteiger charge is 2.57. The van der Waals surface area contributed by atoms with Gasteiger partial charge < -0.3 is 5.11 Å². The summed E-state index contributed by atoms with van der Waals surface area (Å²) in [6.45, 7) is 7.15. The normalized spacial score (nSPS) is 28.1. The van der Waals surface area contributed by atoms with Gasteiger partial charge in [-0.05, 0) is 13.3 Å². The Balaban J connectivity index is 3.14. The highest BCUT2D eigenvalue weighted by Crippen LogP contribution is 2.31. The third kappa shape index (κ3) is 2.07. The van der Waals surface area contributed by atoms with E-state index >= 15 is 0 Å². The van der Waals surface area contributed by atoms with E-state index in [1.54, 1.807) is 20.8 Å². The van der Waals surface area contributed by atoms with Crippen LogP contribution in [0.1, 0.15) is 47.0 Å². The van der Waals surface area contributed by atoms with E-state index in [1.165, 1.54) is 0 Å². The van der Waals surface area contributed by atoms with Crippen molar-refractivity contribution in [2.24, 2.45) is 5.41 Å². The highest BCUT2D eigenvalue weighted by atomic mass is 16.4. The maximum Gasteiger partial charge on any atom is 0.521 e. The maximum atomic E-state index is 12.4. The van der Waals surface area contributed by atoms with Gasteiger partial charge in [-0.2, -0.15) is 9.28 Å². The molecule has 1 saturated heterocycles. The van der Waals surface area contributed by atoms with Crippen molar-refractivity contribution in [2.45, 2.75) is 53.0 Å². The first-order chi connectivity index (χ1) is 8.20. The second-order valence-electron chi connectivity index (χ2n) is 5.74. The van der Waals surface area contributed by atoms with Gasteiger partial charge in [0.05, 0.1) is 6.54 Å². The molecule has 1 unspecified atom stereocenters. The predicted molar refractivity (Wildman–Crippen MR) is 65.9 cm³/mol. The number of likely N-dealkylation sites (tertiary alicyclic amines) is 1. The number of carboxylic acid groups (broad SMARTS) is 1. The van der Waals surface area contributed by atoms with Gasteiger partial charge in [-0.1, -0.05) is 20.8 Å². The molecular formula is C13H22NO4+. The minimum absolute atomic E-state index is 0.223. The van der Waals surface area contributed by atoms with E-state index in [2.05, 4.69) is 0 Å². The average Bonchev–Trinajstić information content (AvgIpc) is 2.70. The van der Waals surface area contributed by atoms with Crippen LogP contribution in [0.3, 0.4) is 0 Å². The lowest BCUT2D eigenvalue weighted by Gasteiger charge is -2.31. The van der Waals surface area contributed by atoms with Crippen molar-refractivity contribution in [3.8, 4) is 0 Å². The third-order valence-corrected chi connectivity index (χ3v) is 4.28. The van der Waals surface area contributed by atoms with Crippen LogP contribution in [0.2, 0.25) is 0 Å². The van der Waals surface area contributed by atoms with E-state index in [4.69, 9.17) is 0 Å². The Labute approximate surface area is 107 Å². The van der Waals surface area contributed by atoms with Gasteiger partial charge in [0.25, 0.3) is 5.78 Å². The lowest BCUT2D eigenvalue weighted by molar-refractivity contribution is -0.788. The van der Waals surface area contributed by atoms with Gasteiger partial charge >= 0.3 is 12.0 Å². The molecule has 5 nitrogen and oxygen atoms in total. The number of ketones is 1. The summed E-state index contributed by atoms with van der Waals surface area (Å²) in [4.78, 5) is 36.1. The zero-order valence-corrected chi connectivity index (χ0v) is 11.5. The summed E-state index contributed by atoms with van der Waals surface area (Å²) in [6.07, 6.45) is 0.646. The molecule has 102 valence electrons. The second kappa shape index (κ2) is 4.80. The Kier molecular flexibility index (Phi) is 3.96. The molecule has 1 fully saturated rings. The lowest BCUT2D eigenvalue weighted by atomic mass is 9.84. The van der Waals surface area contributed by atoms with Crippen molar-refractivity contribution in [2.75, 3.05) is 6.54 Å². The van der Waals surface area contributed by atoms with E-state index in [0.717, 1.165) is 0 Å². The van der Waals surface area contributed by atoms with Crippen LogP contribution < -0.4 is 0 Å². The van der Waals surface area contributed by atoms with Crippen molar-refractivity contribution in [1.82, 2.24) is 0 Å². The third-order valence-electron chi connectivity index (χ3n) is 4.28. The molecule has 1 heterocycles.